The van der Waals surface area contributed by atoms with E-state index in [1.807, 2.05) is 9.80 Å². The van der Waals surface area contributed by atoms with Gasteiger partial charge in [0.1, 0.15) is 0 Å². The fraction of sp³-hybridized carbons (Fsp3) is 1.00. The second-order valence-corrected chi connectivity index (χ2v) is 5.58. The lowest BCUT2D eigenvalue weighted by molar-refractivity contribution is -0.140. The number of halogens is 2. The number of hydrogen-bond donors (Lipinski definition) is 0. The molecule has 2 rings (SSSR count). The third-order valence-electron chi connectivity index (χ3n) is 3.60. The van der Waals surface area contributed by atoms with Crippen LogP contribution in [0.2, 0.25) is 0 Å². The van der Waals surface area contributed by atoms with Crippen LogP contribution in [0, 0.1) is 5.92 Å². The molecule has 1 atom stereocenters. The van der Waals surface area contributed by atoms with Crippen LogP contribution in [-0.4, -0.2) is 54.5 Å². The second kappa shape index (κ2) is 4.57. The van der Waals surface area contributed by atoms with Gasteiger partial charge in [-0.05, 0) is 31.8 Å². The number of piperidine rings is 1. The molecule has 0 bridgehead atoms. The first-order valence-corrected chi connectivity index (χ1v) is 6.33. The van der Waals surface area contributed by atoms with E-state index >= 15 is 0 Å². The topological polar surface area (TPSA) is 6.48 Å². The summed E-state index contributed by atoms with van der Waals surface area (Å²) in [5, 5.41) is 0. The zero-order valence-electron chi connectivity index (χ0n) is 10.3. The van der Waals surface area contributed by atoms with Gasteiger partial charge in [-0.25, -0.2) is 8.78 Å². The molecule has 0 amide bonds. The molecule has 2 aliphatic rings. The number of likely N-dealkylation sites (tertiary alicyclic amines) is 2. The maximum absolute atomic E-state index is 14.0. The molecule has 16 heavy (non-hydrogen) atoms. The summed E-state index contributed by atoms with van der Waals surface area (Å²) in [6, 6.07) is -0.496. The summed E-state index contributed by atoms with van der Waals surface area (Å²) in [6.07, 6.45) is 1.71. The average molecular weight is 232 g/mol. The predicted octanol–water partition coefficient (Wildman–Crippen LogP) is 2.06. The Bertz CT molecular complexity index is 239. The Morgan fingerprint density at radius 2 is 1.94 bits per heavy atom. The van der Waals surface area contributed by atoms with Crippen molar-refractivity contribution < 1.29 is 8.78 Å². The number of nitrogens with zero attached hydrogens (tertiary/aromatic N) is 2. The Hall–Kier alpha value is -0.220. The standard InChI is InChI=1S/C12H22F2N2/c1-10(2)8-15-7-4-11(12(13,14)9-15)16-5-3-6-16/h10-11H,3-9H2,1-2H3. The third-order valence-corrected chi connectivity index (χ3v) is 3.60. The van der Waals surface area contributed by atoms with E-state index in [4.69, 9.17) is 0 Å². The molecule has 2 saturated heterocycles. The van der Waals surface area contributed by atoms with Gasteiger partial charge in [0, 0.05) is 13.1 Å². The van der Waals surface area contributed by atoms with Crippen LogP contribution in [-0.2, 0) is 0 Å². The molecule has 0 aromatic heterocycles. The van der Waals surface area contributed by atoms with Gasteiger partial charge in [-0.1, -0.05) is 13.8 Å². The first-order chi connectivity index (χ1) is 7.49. The fourth-order valence-corrected chi connectivity index (χ4v) is 2.77. The van der Waals surface area contributed by atoms with E-state index in [0.717, 1.165) is 32.6 Å². The summed E-state index contributed by atoms with van der Waals surface area (Å²) in [5.74, 6) is -2.05. The lowest BCUT2D eigenvalue weighted by Crippen LogP contribution is -2.61. The van der Waals surface area contributed by atoms with E-state index in [1.54, 1.807) is 0 Å². The molecule has 0 N–H and O–H groups in total. The number of hydrogen-bond acceptors (Lipinski definition) is 2. The summed E-state index contributed by atoms with van der Waals surface area (Å²) < 4.78 is 27.9. The van der Waals surface area contributed by atoms with E-state index in [9.17, 15) is 8.78 Å². The van der Waals surface area contributed by atoms with Gasteiger partial charge in [-0.2, -0.15) is 0 Å². The third kappa shape index (κ3) is 2.54. The molecule has 0 aromatic carbocycles. The molecule has 1 unspecified atom stereocenters. The Balaban J connectivity index is 1.91. The minimum atomic E-state index is -2.52. The first-order valence-electron chi connectivity index (χ1n) is 6.33. The fourth-order valence-electron chi connectivity index (χ4n) is 2.77. The molecule has 94 valence electrons. The van der Waals surface area contributed by atoms with Crippen LogP contribution in [0.4, 0.5) is 8.78 Å². The molecule has 2 aliphatic heterocycles. The molecule has 2 heterocycles. The largest absolute Gasteiger partial charge is 0.297 e. The average Bonchev–Trinajstić information content (AvgIpc) is 2.04. The van der Waals surface area contributed by atoms with Gasteiger partial charge in [0.15, 0.2) is 0 Å². The summed E-state index contributed by atoms with van der Waals surface area (Å²) in [5.41, 5.74) is 0. The van der Waals surface area contributed by atoms with E-state index in [0.29, 0.717) is 12.3 Å². The van der Waals surface area contributed by atoms with Crippen molar-refractivity contribution in [3.05, 3.63) is 0 Å². The summed E-state index contributed by atoms with van der Waals surface area (Å²) in [7, 11) is 0. The highest BCUT2D eigenvalue weighted by atomic mass is 19.3. The molecular formula is C12H22F2N2. The SMILES string of the molecule is CC(C)CN1CCC(N2CCC2)C(F)(F)C1. The highest BCUT2D eigenvalue weighted by molar-refractivity contribution is 4.95. The Morgan fingerprint density at radius 1 is 1.25 bits per heavy atom. The van der Waals surface area contributed by atoms with E-state index in [1.165, 1.54) is 0 Å². The van der Waals surface area contributed by atoms with Crippen LogP contribution < -0.4 is 0 Å². The first kappa shape index (κ1) is 12.2. The lowest BCUT2D eigenvalue weighted by Gasteiger charge is -2.47. The smallest absolute Gasteiger partial charge is 0.275 e. The normalized spacial score (nSPS) is 31.7. The molecule has 0 saturated carbocycles. The van der Waals surface area contributed by atoms with Crippen molar-refractivity contribution in [2.45, 2.75) is 38.7 Å². The molecule has 0 aromatic rings. The van der Waals surface area contributed by atoms with Crippen molar-refractivity contribution in [2.24, 2.45) is 5.92 Å². The van der Waals surface area contributed by atoms with Gasteiger partial charge in [-0.15, -0.1) is 0 Å². The highest BCUT2D eigenvalue weighted by Crippen LogP contribution is 2.33. The van der Waals surface area contributed by atoms with Crippen molar-refractivity contribution in [2.75, 3.05) is 32.7 Å². The molecule has 4 heteroatoms. The van der Waals surface area contributed by atoms with Crippen LogP contribution in [0.3, 0.4) is 0 Å². The quantitative estimate of drug-likeness (QED) is 0.735. The van der Waals surface area contributed by atoms with Crippen LogP contribution in [0.1, 0.15) is 26.7 Å². The van der Waals surface area contributed by atoms with Crippen molar-refractivity contribution >= 4 is 0 Å². The number of alkyl halides is 2. The van der Waals surface area contributed by atoms with Crippen LogP contribution >= 0.6 is 0 Å². The van der Waals surface area contributed by atoms with Crippen molar-refractivity contribution in [3.63, 3.8) is 0 Å². The summed E-state index contributed by atoms with van der Waals surface area (Å²) in [6.45, 7) is 7.47. The van der Waals surface area contributed by atoms with Gasteiger partial charge in [0.25, 0.3) is 5.92 Å². The van der Waals surface area contributed by atoms with Crippen LogP contribution in [0.25, 0.3) is 0 Å². The monoisotopic (exact) mass is 232 g/mol. The van der Waals surface area contributed by atoms with Crippen molar-refractivity contribution in [1.29, 1.82) is 0 Å². The van der Waals surface area contributed by atoms with Gasteiger partial charge < -0.3 is 0 Å². The Kier molecular flexibility index (Phi) is 3.50. The van der Waals surface area contributed by atoms with Gasteiger partial charge in [0.2, 0.25) is 0 Å². The van der Waals surface area contributed by atoms with Gasteiger partial charge in [-0.3, -0.25) is 9.80 Å². The highest BCUT2D eigenvalue weighted by Gasteiger charge is 2.48. The van der Waals surface area contributed by atoms with E-state index in [-0.39, 0.29) is 6.54 Å². The molecule has 0 aliphatic carbocycles. The molecule has 2 nitrogen and oxygen atoms in total. The summed E-state index contributed by atoms with van der Waals surface area (Å²) >= 11 is 0. The summed E-state index contributed by atoms with van der Waals surface area (Å²) in [4.78, 5) is 3.87. The lowest BCUT2D eigenvalue weighted by atomic mass is 9.95. The zero-order chi connectivity index (χ0) is 11.8. The second-order valence-electron chi connectivity index (χ2n) is 5.58. The van der Waals surface area contributed by atoms with Gasteiger partial charge in [0.05, 0.1) is 12.6 Å². The maximum Gasteiger partial charge on any atom is 0.275 e. The van der Waals surface area contributed by atoms with Crippen LogP contribution in [0.5, 0.6) is 0 Å². The minimum Gasteiger partial charge on any atom is -0.297 e. The number of rotatable bonds is 3. The van der Waals surface area contributed by atoms with Crippen LogP contribution in [0.15, 0.2) is 0 Å². The Morgan fingerprint density at radius 3 is 2.38 bits per heavy atom. The molecular weight excluding hydrogens is 210 g/mol. The molecule has 2 fully saturated rings. The molecule has 0 spiro atoms. The van der Waals surface area contributed by atoms with Crippen molar-refractivity contribution in [1.82, 2.24) is 9.80 Å². The minimum absolute atomic E-state index is 0.0493. The van der Waals surface area contributed by atoms with Gasteiger partial charge >= 0.3 is 0 Å². The molecule has 0 radical (unpaired) electrons. The zero-order valence-corrected chi connectivity index (χ0v) is 10.3. The van der Waals surface area contributed by atoms with E-state index < -0.39 is 12.0 Å². The maximum atomic E-state index is 14.0. The Labute approximate surface area is 96.6 Å². The van der Waals surface area contributed by atoms with E-state index in [2.05, 4.69) is 13.8 Å². The van der Waals surface area contributed by atoms with Crippen molar-refractivity contribution in [3.8, 4) is 0 Å². The predicted molar refractivity (Wildman–Crippen MR) is 60.8 cm³/mol.